The predicted octanol–water partition coefficient (Wildman–Crippen LogP) is 3.52. The van der Waals surface area contributed by atoms with Gasteiger partial charge in [0.15, 0.2) is 0 Å². The molecule has 0 spiro atoms. The number of hydrogen-bond donors (Lipinski definition) is 0. The van der Waals surface area contributed by atoms with E-state index in [0.29, 0.717) is 17.9 Å². The molecular formula is C18H16O3. The maximum atomic E-state index is 12.5. The van der Waals surface area contributed by atoms with E-state index < -0.39 is 5.79 Å². The Balaban J connectivity index is 2.00. The first-order valence-corrected chi connectivity index (χ1v) is 6.96. The average molecular weight is 280 g/mol. The number of carbonyl (C=O) groups excluding carboxylic acids is 1. The minimum atomic E-state index is -1.36. The molecule has 1 aliphatic heterocycles. The molecule has 21 heavy (non-hydrogen) atoms. The Kier molecular flexibility index (Phi) is 3.59. The van der Waals surface area contributed by atoms with E-state index >= 15 is 0 Å². The third kappa shape index (κ3) is 2.36. The van der Waals surface area contributed by atoms with Gasteiger partial charge in [-0.2, -0.15) is 0 Å². The molecule has 1 heterocycles. The SMILES string of the molecule is CCO[C@@]1(c2ccccc2)OC(c2ccccc2)=CC1=O. The lowest BCUT2D eigenvalue weighted by molar-refractivity contribution is -0.196. The lowest BCUT2D eigenvalue weighted by Gasteiger charge is -2.28. The zero-order valence-corrected chi connectivity index (χ0v) is 11.8. The van der Waals surface area contributed by atoms with Crippen molar-refractivity contribution in [1.82, 2.24) is 0 Å². The van der Waals surface area contributed by atoms with Crippen molar-refractivity contribution in [2.75, 3.05) is 6.61 Å². The van der Waals surface area contributed by atoms with E-state index in [0.717, 1.165) is 5.56 Å². The third-order valence-electron chi connectivity index (χ3n) is 3.40. The Morgan fingerprint density at radius 1 is 1.00 bits per heavy atom. The summed E-state index contributed by atoms with van der Waals surface area (Å²) < 4.78 is 11.7. The van der Waals surface area contributed by atoms with Gasteiger partial charge in [-0.3, -0.25) is 4.79 Å². The van der Waals surface area contributed by atoms with Crippen LogP contribution in [0.2, 0.25) is 0 Å². The predicted molar refractivity (Wildman–Crippen MR) is 80.3 cm³/mol. The van der Waals surface area contributed by atoms with Crippen LogP contribution in [-0.4, -0.2) is 12.4 Å². The van der Waals surface area contributed by atoms with Gasteiger partial charge in [-0.05, 0) is 6.92 Å². The van der Waals surface area contributed by atoms with Gasteiger partial charge in [0.25, 0.3) is 0 Å². The van der Waals surface area contributed by atoms with Crippen molar-refractivity contribution < 1.29 is 14.3 Å². The second-order valence-corrected chi connectivity index (χ2v) is 4.76. The summed E-state index contributed by atoms with van der Waals surface area (Å²) in [4.78, 5) is 12.5. The van der Waals surface area contributed by atoms with E-state index in [4.69, 9.17) is 9.47 Å². The molecule has 0 N–H and O–H groups in total. The van der Waals surface area contributed by atoms with Crippen LogP contribution < -0.4 is 0 Å². The highest BCUT2D eigenvalue weighted by atomic mass is 16.7. The number of benzene rings is 2. The van der Waals surface area contributed by atoms with E-state index in [2.05, 4.69) is 0 Å². The van der Waals surface area contributed by atoms with Gasteiger partial charge in [-0.1, -0.05) is 60.7 Å². The first-order chi connectivity index (χ1) is 10.3. The molecule has 3 heteroatoms. The average Bonchev–Trinajstić information content (AvgIpc) is 2.88. The molecule has 3 nitrogen and oxygen atoms in total. The Labute approximate surface area is 123 Å². The highest BCUT2D eigenvalue weighted by Gasteiger charge is 2.47. The van der Waals surface area contributed by atoms with Gasteiger partial charge < -0.3 is 9.47 Å². The summed E-state index contributed by atoms with van der Waals surface area (Å²) in [6, 6.07) is 18.9. The summed E-state index contributed by atoms with van der Waals surface area (Å²) in [6.07, 6.45) is 1.51. The van der Waals surface area contributed by atoms with Gasteiger partial charge in [0, 0.05) is 23.8 Å². The van der Waals surface area contributed by atoms with Gasteiger partial charge in [0.1, 0.15) is 5.76 Å². The number of ketones is 1. The van der Waals surface area contributed by atoms with Crippen LogP contribution >= 0.6 is 0 Å². The molecule has 106 valence electrons. The topological polar surface area (TPSA) is 35.5 Å². The summed E-state index contributed by atoms with van der Waals surface area (Å²) >= 11 is 0. The van der Waals surface area contributed by atoms with Gasteiger partial charge >= 0.3 is 5.79 Å². The summed E-state index contributed by atoms with van der Waals surface area (Å²) in [6.45, 7) is 2.23. The summed E-state index contributed by atoms with van der Waals surface area (Å²) in [5, 5.41) is 0. The Hall–Kier alpha value is -2.39. The quantitative estimate of drug-likeness (QED) is 0.859. The molecule has 0 radical (unpaired) electrons. The fraction of sp³-hybridized carbons (Fsp3) is 0.167. The van der Waals surface area contributed by atoms with Crippen molar-refractivity contribution in [3.63, 3.8) is 0 Å². The van der Waals surface area contributed by atoms with Crippen molar-refractivity contribution in [3.8, 4) is 0 Å². The number of rotatable bonds is 4. The highest BCUT2D eigenvalue weighted by Crippen LogP contribution is 2.39. The van der Waals surface area contributed by atoms with Crippen molar-refractivity contribution in [2.45, 2.75) is 12.7 Å². The van der Waals surface area contributed by atoms with Gasteiger partial charge in [-0.15, -0.1) is 0 Å². The standard InChI is InChI=1S/C18H16O3/c1-2-20-18(15-11-7-4-8-12-15)17(19)13-16(21-18)14-9-5-3-6-10-14/h3-13H,2H2,1H3/t18-/m0/s1. The van der Waals surface area contributed by atoms with Crippen LogP contribution in [0.4, 0.5) is 0 Å². The van der Waals surface area contributed by atoms with Crippen molar-refractivity contribution in [2.24, 2.45) is 0 Å². The largest absolute Gasteiger partial charge is 0.450 e. The van der Waals surface area contributed by atoms with Crippen LogP contribution in [0.3, 0.4) is 0 Å². The van der Waals surface area contributed by atoms with Gasteiger partial charge in [0.2, 0.25) is 5.78 Å². The second-order valence-electron chi connectivity index (χ2n) is 4.76. The summed E-state index contributed by atoms with van der Waals surface area (Å²) in [5.41, 5.74) is 1.57. The molecule has 1 atom stereocenters. The van der Waals surface area contributed by atoms with Crippen molar-refractivity contribution in [3.05, 3.63) is 77.9 Å². The van der Waals surface area contributed by atoms with E-state index in [1.807, 2.05) is 67.6 Å². The van der Waals surface area contributed by atoms with Crippen LogP contribution in [-0.2, 0) is 20.1 Å². The minimum Gasteiger partial charge on any atom is -0.450 e. The zero-order chi connectivity index (χ0) is 14.7. The summed E-state index contributed by atoms with van der Waals surface area (Å²) in [7, 11) is 0. The first kappa shape index (κ1) is 13.6. The van der Waals surface area contributed by atoms with E-state index in [1.165, 1.54) is 6.08 Å². The minimum absolute atomic E-state index is 0.186. The first-order valence-electron chi connectivity index (χ1n) is 6.96. The van der Waals surface area contributed by atoms with Crippen LogP contribution in [0.5, 0.6) is 0 Å². The molecule has 0 aromatic heterocycles. The molecule has 0 amide bonds. The Morgan fingerprint density at radius 3 is 2.24 bits per heavy atom. The fourth-order valence-electron chi connectivity index (χ4n) is 2.44. The molecule has 0 saturated carbocycles. The van der Waals surface area contributed by atoms with Crippen LogP contribution in [0.15, 0.2) is 66.7 Å². The molecule has 2 aromatic carbocycles. The Morgan fingerprint density at radius 2 is 1.62 bits per heavy atom. The lowest BCUT2D eigenvalue weighted by atomic mass is 10.0. The van der Waals surface area contributed by atoms with Gasteiger partial charge in [-0.25, -0.2) is 0 Å². The van der Waals surface area contributed by atoms with E-state index in [1.54, 1.807) is 0 Å². The second kappa shape index (κ2) is 5.54. The number of hydrogen-bond acceptors (Lipinski definition) is 3. The molecule has 1 aliphatic rings. The van der Waals surface area contributed by atoms with E-state index in [9.17, 15) is 4.79 Å². The highest BCUT2D eigenvalue weighted by molar-refractivity contribution is 6.04. The monoisotopic (exact) mass is 280 g/mol. The molecule has 0 fully saturated rings. The number of carbonyl (C=O) groups is 1. The lowest BCUT2D eigenvalue weighted by Crippen LogP contribution is -2.36. The van der Waals surface area contributed by atoms with E-state index in [-0.39, 0.29) is 5.78 Å². The molecular weight excluding hydrogens is 264 g/mol. The summed E-state index contributed by atoms with van der Waals surface area (Å²) in [5.74, 6) is -1.01. The van der Waals surface area contributed by atoms with Crippen LogP contribution in [0.25, 0.3) is 5.76 Å². The normalized spacial score (nSPS) is 21.0. The van der Waals surface area contributed by atoms with Crippen LogP contribution in [0, 0.1) is 0 Å². The molecule has 0 saturated heterocycles. The molecule has 0 unspecified atom stereocenters. The maximum absolute atomic E-state index is 12.5. The smallest absolute Gasteiger partial charge is 0.301 e. The molecule has 0 aliphatic carbocycles. The van der Waals surface area contributed by atoms with Crippen molar-refractivity contribution >= 4 is 11.5 Å². The Bertz CT molecular complexity index is 661. The maximum Gasteiger partial charge on any atom is 0.301 e. The zero-order valence-electron chi connectivity index (χ0n) is 11.8. The molecule has 3 rings (SSSR count). The van der Waals surface area contributed by atoms with Crippen molar-refractivity contribution in [1.29, 1.82) is 0 Å². The van der Waals surface area contributed by atoms with Gasteiger partial charge in [0.05, 0.1) is 0 Å². The fourth-order valence-corrected chi connectivity index (χ4v) is 2.44. The third-order valence-corrected chi connectivity index (χ3v) is 3.40. The van der Waals surface area contributed by atoms with Crippen LogP contribution in [0.1, 0.15) is 18.1 Å². The molecule has 2 aromatic rings. The molecule has 0 bridgehead atoms. The number of ether oxygens (including phenoxy) is 2.